The van der Waals surface area contributed by atoms with Crippen LogP contribution in [0.4, 0.5) is 0 Å². The molecule has 0 fully saturated rings. The fraction of sp³-hybridized carbons (Fsp3) is 0.133. The zero-order valence-corrected chi connectivity index (χ0v) is 13.6. The number of nitrogens with one attached hydrogen (secondary N) is 1. The van der Waals surface area contributed by atoms with E-state index in [1.54, 1.807) is 44.7 Å². The number of carbonyl (C=O) groups excluding carboxylic acids is 1. The Labute approximate surface area is 136 Å². The van der Waals surface area contributed by atoms with Crippen molar-refractivity contribution in [3.63, 3.8) is 0 Å². The van der Waals surface area contributed by atoms with Crippen molar-refractivity contribution in [3.05, 3.63) is 52.3 Å². The average molecular weight is 364 g/mol. The van der Waals surface area contributed by atoms with Gasteiger partial charge in [0.2, 0.25) is 0 Å². The molecular formula is C15H14BrN3O3. The number of hydrazone groups is 1. The molecule has 7 heteroatoms. The first-order chi connectivity index (χ1) is 10.6. The number of ether oxygens (including phenoxy) is 2. The summed E-state index contributed by atoms with van der Waals surface area (Å²) in [5.41, 5.74) is 3.62. The van der Waals surface area contributed by atoms with Gasteiger partial charge in [-0.3, -0.25) is 9.78 Å². The molecule has 22 heavy (non-hydrogen) atoms. The predicted octanol–water partition coefficient (Wildman–Crippen LogP) is 2.63. The van der Waals surface area contributed by atoms with Gasteiger partial charge in [-0.15, -0.1) is 0 Å². The molecule has 1 aromatic heterocycles. The molecule has 0 atom stereocenters. The van der Waals surface area contributed by atoms with Crippen molar-refractivity contribution < 1.29 is 14.3 Å². The second-order valence-corrected chi connectivity index (χ2v) is 5.12. The number of hydrogen-bond acceptors (Lipinski definition) is 5. The third-order valence-corrected chi connectivity index (χ3v) is 3.19. The highest BCUT2D eigenvalue weighted by Gasteiger charge is 2.05. The van der Waals surface area contributed by atoms with E-state index in [0.29, 0.717) is 17.1 Å². The van der Waals surface area contributed by atoms with Crippen molar-refractivity contribution in [2.24, 2.45) is 5.10 Å². The highest BCUT2D eigenvalue weighted by molar-refractivity contribution is 9.10. The molecule has 0 aliphatic heterocycles. The summed E-state index contributed by atoms with van der Waals surface area (Å²) in [5, 5.41) is 3.91. The van der Waals surface area contributed by atoms with Gasteiger partial charge in [-0.25, -0.2) is 5.43 Å². The summed E-state index contributed by atoms with van der Waals surface area (Å²) < 4.78 is 11.1. The van der Waals surface area contributed by atoms with Crippen LogP contribution < -0.4 is 14.9 Å². The summed E-state index contributed by atoms with van der Waals surface area (Å²) in [6.07, 6.45) is 4.58. The molecule has 6 nitrogen and oxygen atoms in total. The smallest absolute Gasteiger partial charge is 0.272 e. The van der Waals surface area contributed by atoms with E-state index >= 15 is 0 Å². The van der Waals surface area contributed by atoms with Crippen LogP contribution in [0.25, 0.3) is 0 Å². The second-order valence-electron chi connectivity index (χ2n) is 4.21. The minimum Gasteiger partial charge on any atom is -0.493 e. The molecule has 2 rings (SSSR count). The van der Waals surface area contributed by atoms with E-state index in [2.05, 4.69) is 31.4 Å². The molecule has 0 spiro atoms. The van der Waals surface area contributed by atoms with Crippen LogP contribution in [0.1, 0.15) is 15.9 Å². The van der Waals surface area contributed by atoms with Crippen molar-refractivity contribution in [2.45, 2.75) is 0 Å². The van der Waals surface area contributed by atoms with Gasteiger partial charge in [0.05, 0.1) is 26.0 Å². The van der Waals surface area contributed by atoms with Crippen molar-refractivity contribution in [1.82, 2.24) is 10.4 Å². The second kappa shape index (κ2) is 7.56. The lowest BCUT2D eigenvalue weighted by Gasteiger charge is -2.07. The monoisotopic (exact) mass is 363 g/mol. The molecule has 1 N–H and O–H groups in total. The minimum atomic E-state index is -0.342. The number of halogens is 1. The van der Waals surface area contributed by atoms with Gasteiger partial charge >= 0.3 is 0 Å². The van der Waals surface area contributed by atoms with E-state index in [4.69, 9.17) is 9.47 Å². The van der Waals surface area contributed by atoms with Crippen LogP contribution in [0.3, 0.4) is 0 Å². The van der Waals surface area contributed by atoms with Crippen LogP contribution in [0, 0.1) is 0 Å². The van der Waals surface area contributed by atoms with E-state index in [-0.39, 0.29) is 5.91 Å². The molecule has 1 aromatic carbocycles. The molecule has 0 unspecified atom stereocenters. The Morgan fingerprint density at radius 3 is 2.68 bits per heavy atom. The largest absolute Gasteiger partial charge is 0.493 e. The first kappa shape index (κ1) is 16.0. The molecule has 114 valence electrons. The molecule has 0 saturated heterocycles. The third-order valence-electron chi connectivity index (χ3n) is 2.75. The van der Waals surface area contributed by atoms with Crippen LogP contribution in [0.2, 0.25) is 0 Å². The van der Waals surface area contributed by atoms with E-state index in [1.807, 2.05) is 0 Å². The Bertz CT molecular complexity index is 704. The zero-order chi connectivity index (χ0) is 15.9. The van der Waals surface area contributed by atoms with Crippen molar-refractivity contribution >= 4 is 28.1 Å². The van der Waals surface area contributed by atoms with Crippen LogP contribution in [-0.4, -0.2) is 31.3 Å². The Hall–Kier alpha value is -2.41. The van der Waals surface area contributed by atoms with Gasteiger partial charge in [-0.1, -0.05) is 0 Å². The van der Waals surface area contributed by atoms with Crippen molar-refractivity contribution in [1.29, 1.82) is 0 Å². The Balaban J connectivity index is 2.05. The highest BCUT2D eigenvalue weighted by atomic mass is 79.9. The van der Waals surface area contributed by atoms with Gasteiger partial charge in [0, 0.05) is 16.9 Å². The maximum Gasteiger partial charge on any atom is 0.272 e. The van der Waals surface area contributed by atoms with E-state index < -0.39 is 0 Å². The lowest BCUT2D eigenvalue weighted by molar-refractivity contribution is 0.0954. The van der Waals surface area contributed by atoms with Crippen LogP contribution in [-0.2, 0) is 0 Å². The number of methoxy groups -OCH3 is 2. The fourth-order valence-electron chi connectivity index (χ4n) is 1.70. The fourth-order valence-corrected chi connectivity index (χ4v) is 2.06. The zero-order valence-electron chi connectivity index (χ0n) is 12.0. The third kappa shape index (κ3) is 4.05. The Morgan fingerprint density at radius 2 is 2.00 bits per heavy atom. The summed E-state index contributed by atoms with van der Waals surface area (Å²) in [7, 11) is 3.12. The maximum absolute atomic E-state index is 11.9. The number of aromatic nitrogens is 1. The van der Waals surface area contributed by atoms with E-state index in [1.165, 1.54) is 12.4 Å². The Kier molecular flexibility index (Phi) is 5.48. The molecule has 0 saturated carbocycles. The van der Waals surface area contributed by atoms with Crippen molar-refractivity contribution in [2.75, 3.05) is 14.2 Å². The topological polar surface area (TPSA) is 72.8 Å². The highest BCUT2D eigenvalue weighted by Crippen LogP contribution is 2.26. The first-order valence-electron chi connectivity index (χ1n) is 6.30. The summed E-state index contributed by atoms with van der Waals surface area (Å²) in [6.45, 7) is 0. The molecule has 2 aromatic rings. The number of carbonyl (C=O) groups is 1. The Morgan fingerprint density at radius 1 is 1.23 bits per heavy atom. The number of hydrogen-bond donors (Lipinski definition) is 1. The standard InChI is InChI=1S/C15H14BrN3O3/c1-21-13-4-3-10(5-14(13)22-2)7-18-19-15(20)11-6-12(16)9-17-8-11/h3-9H,1-2H3,(H,19,20). The SMILES string of the molecule is COc1ccc(C=NNC(=O)c2cncc(Br)c2)cc1OC. The number of nitrogens with zero attached hydrogens (tertiary/aromatic N) is 2. The van der Waals surface area contributed by atoms with Gasteiger partial charge in [0.1, 0.15) is 0 Å². The predicted molar refractivity (Wildman–Crippen MR) is 86.5 cm³/mol. The van der Waals surface area contributed by atoms with E-state index in [9.17, 15) is 4.79 Å². The van der Waals surface area contributed by atoms with Crippen LogP contribution >= 0.6 is 15.9 Å². The van der Waals surface area contributed by atoms with Crippen LogP contribution in [0.5, 0.6) is 11.5 Å². The summed E-state index contributed by atoms with van der Waals surface area (Å²) in [5.74, 6) is 0.878. The number of benzene rings is 1. The van der Waals surface area contributed by atoms with Crippen molar-refractivity contribution in [3.8, 4) is 11.5 Å². The maximum atomic E-state index is 11.9. The average Bonchev–Trinajstić information content (AvgIpc) is 2.54. The first-order valence-corrected chi connectivity index (χ1v) is 7.09. The number of pyridine rings is 1. The van der Waals surface area contributed by atoms with Gasteiger partial charge in [0.15, 0.2) is 11.5 Å². The molecule has 0 aliphatic carbocycles. The van der Waals surface area contributed by atoms with Gasteiger partial charge < -0.3 is 9.47 Å². The summed E-state index contributed by atoms with van der Waals surface area (Å²) in [6, 6.07) is 6.99. The number of amides is 1. The van der Waals surface area contributed by atoms with Gasteiger partial charge in [0.25, 0.3) is 5.91 Å². The molecule has 0 aliphatic rings. The molecule has 1 amide bonds. The lowest BCUT2D eigenvalue weighted by atomic mass is 10.2. The quantitative estimate of drug-likeness (QED) is 0.654. The number of rotatable bonds is 5. The molecule has 1 heterocycles. The minimum absolute atomic E-state index is 0.342. The summed E-state index contributed by atoms with van der Waals surface area (Å²) in [4.78, 5) is 15.8. The van der Waals surface area contributed by atoms with Gasteiger partial charge in [-0.2, -0.15) is 5.10 Å². The van der Waals surface area contributed by atoms with Crippen LogP contribution in [0.15, 0.2) is 46.2 Å². The molecule has 0 bridgehead atoms. The normalized spacial score (nSPS) is 10.5. The van der Waals surface area contributed by atoms with Gasteiger partial charge in [-0.05, 0) is 45.8 Å². The summed E-state index contributed by atoms with van der Waals surface area (Å²) >= 11 is 3.26. The van der Waals surface area contributed by atoms with E-state index in [0.717, 1.165) is 10.0 Å². The lowest BCUT2D eigenvalue weighted by Crippen LogP contribution is -2.17. The molecular weight excluding hydrogens is 350 g/mol. The molecule has 0 radical (unpaired) electrons.